The molecule has 1 fully saturated rings. The number of amides is 1. The molecule has 0 aromatic heterocycles. The van der Waals surface area contributed by atoms with E-state index in [1.54, 1.807) is 12.1 Å². The van der Waals surface area contributed by atoms with E-state index in [0.717, 1.165) is 4.31 Å². The smallest absolute Gasteiger partial charge is 0.243 e. The van der Waals surface area contributed by atoms with Crippen LogP contribution < -0.4 is 11.1 Å². The van der Waals surface area contributed by atoms with Gasteiger partial charge in [0.15, 0.2) is 0 Å². The van der Waals surface area contributed by atoms with E-state index in [1.165, 1.54) is 12.1 Å². The molecular weight excluding hydrogens is 242 g/mol. The summed E-state index contributed by atoms with van der Waals surface area (Å²) in [5.41, 5.74) is 5.93. The predicted molar refractivity (Wildman–Crippen MR) is 62.6 cm³/mol. The number of nitrogens with one attached hydrogen (secondary N) is 1. The Morgan fingerprint density at radius 1 is 1.35 bits per heavy atom. The second-order valence-electron chi connectivity index (χ2n) is 3.76. The van der Waals surface area contributed by atoms with Crippen LogP contribution >= 0.6 is 0 Å². The number of anilines is 1. The number of nitrogens with zero attached hydrogens (tertiary/aromatic N) is 1. The summed E-state index contributed by atoms with van der Waals surface area (Å²) in [4.78, 5) is 11.3. The Balaban J connectivity index is 2.33. The molecule has 1 heterocycles. The van der Waals surface area contributed by atoms with Crippen LogP contribution in [0.25, 0.3) is 0 Å². The topological polar surface area (TPSA) is 92.5 Å². The van der Waals surface area contributed by atoms with Crippen molar-refractivity contribution in [2.24, 2.45) is 0 Å². The molecule has 0 unspecified atom stereocenters. The van der Waals surface area contributed by atoms with Gasteiger partial charge in [-0.2, -0.15) is 4.31 Å². The minimum absolute atomic E-state index is 0.118. The third-order valence-electron chi connectivity index (χ3n) is 2.50. The van der Waals surface area contributed by atoms with E-state index in [2.05, 4.69) is 5.32 Å². The molecule has 1 aromatic carbocycles. The first-order valence-corrected chi connectivity index (χ1v) is 6.56. The predicted octanol–water partition coefficient (Wildman–Crippen LogP) is -0.611. The van der Waals surface area contributed by atoms with Gasteiger partial charge in [0, 0.05) is 18.8 Å². The van der Waals surface area contributed by atoms with Gasteiger partial charge < -0.3 is 11.1 Å². The summed E-state index contributed by atoms with van der Waals surface area (Å²) in [5, 5.41) is 2.58. The Morgan fingerprint density at radius 2 is 2.12 bits per heavy atom. The lowest BCUT2D eigenvalue weighted by molar-refractivity contribution is -0.122. The van der Waals surface area contributed by atoms with Crippen LogP contribution in [0.5, 0.6) is 0 Å². The van der Waals surface area contributed by atoms with Crippen molar-refractivity contribution in [1.82, 2.24) is 9.62 Å². The van der Waals surface area contributed by atoms with Crippen molar-refractivity contribution in [2.45, 2.75) is 4.90 Å². The third-order valence-corrected chi connectivity index (χ3v) is 4.34. The molecule has 0 bridgehead atoms. The number of piperazine rings is 1. The van der Waals surface area contributed by atoms with Gasteiger partial charge in [-0.3, -0.25) is 4.79 Å². The van der Waals surface area contributed by atoms with Gasteiger partial charge in [0.2, 0.25) is 15.9 Å². The van der Waals surface area contributed by atoms with Crippen LogP contribution in [-0.2, 0) is 14.8 Å². The minimum Gasteiger partial charge on any atom is -0.399 e. The van der Waals surface area contributed by atoms with E-state index >= 15 is 0 Å². The summed E-state index contributed by atoms with van der Waals surface area (Å²) in [6.45, 7) is 0.473. The molecule has 2 rings (SSSR count). The quantitative estimate of drug-likeness (QED) is 0.689. The highest BCUT2D eigenvalue weighted by Gasteiger charge is 2.28. The van der Waals surface area contributed by atoms with E-state index in [4.69, 9.17) is 5.73 Å². The normalized spacial score (nSPS) is 17.8. The van der Waals surface area contributed by atoms with Crippen molar-refractivity contribution < 1.29 is 13.2 Å². The van der Waals surface area contributed by atoms with Crippen molar-refractivity contribution in [3.8, 4) is 0 Å². The Hall–Kier alpha value is -1.60. The zero-order valence-electron chi connectivity index (χ0n) is 9.09. The molecule has 0 spiro atoms. The summed E-state index contributed by atoms with van der Waals surface area (Å²) < 4.78 is 25.5. The summed E-state index contributed by atoms with van der Waals surface area (Å²) >= 11 is 0. The molecule has 1 aliphatic heterocycles. The first kappa shape index (κ1) is 11.9. The van der Waals surface area contributed by atoms with Crippen LogP contribution in [-0.4, -0.2) is 38.3 Å². The van der Waals surface area contributed by atoms with Gasteiger partial charge >= 0.3 is 0 Å². The molecule has 7 heteroatoms. The molecule has 3 N–H and O–H groups in total. The highest BCUT2D eigenvalue weighted by molar-refractivity contribution is 7.89. The number of hydrogen-bond donors (Lipinski definition) is 2. The second-order valence-corrected chi connectivity index (χ2v) is 5.70. The van der Waals surface area contributed by atoms with E-state index in [-0.39, 0.29) is 23.9 Å². The van der Waals surface area contributed by atoms with E-state index in [9.17, 15) is 13.2 Å². The standard InChI is InChI=1S/C10H13N3O3S/c11-8-2-1-3-9(6-8)17(15,16)13-5-4-12-10(14)7-13/h1-3,6H,4-5,7,11H2,(H,12,14). The van der Waals surface area contributed by atoms with E-state index in [1.807, 2.05) is 0 Å². The maximum absolute atomic E-state index is 12.2. The van der Waals surface area contributed by atoms with Crippen molar-refractivity contribution >= 4 is 21.6 Å². The van der Waals surface area contributed by atoms with E-state index in [0.29, 0.717) is 12.2 Å². The molecule has 92 valence electrons. The average Bonchev–Trinajstić information content (AvgIpc) is 2.29. The molecule has 0 atom stereocenters. The Kier molecular flexibility index (Phi) is 3.03. The molecule has 1 amide bonds. The second kappa shape index (κ2) is 4.34. The van der Waals surface area contributed by atoms with Gasteiger partial charge in [-0.1, -0.05) is 6.07 Å². The number of sulfonamides is 1. The van der Waals surface area contributed by atoms with Gasteiger partial charge in [-0.25, -0.2) is 8.42 Å². The summed E-state index contributed by atoms with van der Waals surface area (Å²) in [5.74, 6) is -0.288. The number of rotatable bonds is 2. The fourth-order valence-corrected chi connectivity index (χ4v) is 3.10. The highest BCUT2D eigenvalue weighted by atomic mass is 32.2. The van der Waals surface area contributed by atoms with Crippen LogP contribution in [0.1, 0.15) is 0 Å². The van der Waals surface area contributed by atoms with Crippen LogP contribution in [0.15, 0.2) is 29.2 Å². The molecule has 17 heavy (non-hydrogen) atoms. The van der Waals surface area contributed by atoms with Gasteiger partial charge in [-0.15, -0.1) is 0 Å². The number of carbonyl (C=O) groups is 1. The lowest BCUT2D eigenvalue weighted by Gasteiger charge is -2.25. The van der Waals surface area contributed by atoms with E-state index < -0.39 is 10.0 Å². The molecule has 1 saturated heterocycles. The van der Waals surface area contributed by atoms with Gasteiger partial charge in [-0.05, 0) is 18.2 Å². The number of carbonyl (C=O) groups excluding carboxylic acids is 1. The molecule has 1 aliphatic rings. The fraction of sp³-hybridized carbons (Fsp3) is 0.300. The minimum atomic E-state index is -3.62. The van der Waals surface area contributed by atoms with Crippen LogP contribution in [0.3, 0.4) is 0 Å². The van der Waals surface area contributed by atoms with Crippen LogP contribution in [0.4, 0.5) is 5.69 Å². The van der Waals surface area contributed by atoms with Gasteiger partial charge in [0.25, 0.3) is 0 Å². The Bertz CT molecular complexity index is 541. The molecular formula is C10H13N3O3S. The van der Waals surface area contributed by atoms with Crippen molar-refractivity contribution in [1.29, 1.82) is 0 Å². The number of nitrogen functional groups attached to an aromatic ring is 1. The Labute approximate surface area is 99.5 Å². The highest BCUT2D eigenvalue weighted by Crippen LogP contribution is 2.18. The molecule has 1 aromatic rings. The lowest BCUT2D eigenvalue weighted by atomic mass is 10.3. The third kappa shape index (κ3) is 2.40. The number of hydrogen-bond acceptors (Lipinski definition) is 4. The summed E-state index contributed by atoms with van der Waals surface area (Å²) in [6, 6.07) is 6.05. The first-order chi connectivity index (χ1) is 8.00. The lowest BCUT2D eigenvalue weighted by Crippen LogP contribution is -2.49. The maximum Gasteiger partial charge on any atom is 0.243 e. The zero-order valence-corrected chi connectivity index (χ0v) is 9.90. The average molecular weight is 255 g/mol. The maximum atomic E-state index is 12.2. The van der Waals surface area contributed by atoms with Crippen molar-refractivity contribution in [3.05, 3.63) is 24.3 Å². The van der Waals surface area contributed by atoms with Gasteiger partial charge in [0.1, 0.15) is 0 Å². The number of nitrogens with two attached hydrogens (primary N) is 1. The molecule has 0 aliphatic carbocycles. The zero-order chi connectivity index (χ0) is 12.5. The van der Waals surface area contributed by atoms with Crippen LogP contribution in [0.2, 0.25) is 0 Å². The fourth-order valence-electron chi connectivity index (χ4n) is 1.64. The largest absolute Gasteiger partial charge is 0.399 e. The van der Waals surface area contributed by atoms with Crippen molar-refractivity contribution in [2.75, 3.05) is 25.4 Å². The molecule has 6 nitrogen and oxygen atoms in total. The van der Waals surface area contributed by atoms with Crippen molar-refractivity contribution in [3.63, 3.8) is 0 Å². The first-order valence-electron chi connectivity index (χ1n) is 5.12. The Morgan fingerprint density at radius 3 is 2.76 bits per heavy atom. The monoisotopic (exact) mass is 255 g/mol. The molecule has 0 saturated carbocycles. The summed E-state index contributed by atoms with van der Waals surface area (Å²) in [6.07, 6.45) is 0. The molecule has 0 radical (unpaired) electrons. The van der Waals surface area contributed by atoms with Gasteiger partial charge in [0.05, 0.1) is 11.4 Å². The summed E-state index contributed by atoms with van der Waals surface area (Å²) in [7, 11) is -3.62. The number of benzene rings is 1. The SMILES string of the molecule is Nc1cccc(S(=O)(=O)N2CCNC(=O)C2)c1. The van der Waals surface area contributed by atoms with Crippen LogP contribution in [0, 0.1) is 0 Å².